The minimum Gasteiger partial charge on any atom is -0.395 e. The Morgan fingerprint density at radius 3 is 2.72 bits per heavy atom. The third kappa shape index (κ3) is 2.53. The Balaban J connectivity index is 2.21. The molecule has 0 bridgehead atoms. The molecule has 1 saturated carbocycles. The van der Waals surface area contributed by atoms with Gasteiger partial charge in [-0.05, 0) is 43.9 Å². The van der Waals surface area contributed by atoms with Gasteiger partial charge in [0.05, 0.1) is 12.2 Å². The van der Waals surface area contributed by atoms with Crippen molar-refractivity contribution in [1.29, 1.82) is 0 Å². The second-order valence-corrected chi connectivity index (χ2v) is 4.79. The number of nitrogens with zero attached hydrogens (tertiary/aromatic N) is 1. The lowest BCUT2D eigenvalue weighted by Crippen LogP contribution is -2.45. The molecule has 1 aromatic carbocycles. The fourth-order valence-electron chi connectivity index (χ4n) is 2.20. The van der Waals surface area contributed by atoms with Crippen LogP contribution in [-0.2, 0) is 0 Å². The Morgan fingerprint density at radius 2 is 2.22 bits per heavy atom. The summed E-state index contributed by atoms with van der Waals surface area (Å²) in [5.41, 5.74) is 0.891. The number of aliphatic hydroxyl groups excluding tert-OH is 1. The Kier molecular flexibility index (Phi) is 3.97. The molecule has 4 heteroatoms. The lowest BCUT2D eigenvalue weighted by atomic mass is 9.91. The fraction of sp³-hybridized carbons (Fsp3) is 0.500. The van der Waals surface area contributed by atoms with Crippen LogP contribution in [-0.4, -0.2) is 35.1 Å². The van der Waals surface area contributed by atoms with Crippen LogP contribution in [0.4, 0.5) is 4.39 Å². The molecule has 1 aliphatic rings. The van der Waals surface area contributed by atoms with Crippen molar-refractivity contribution in [2.75, 3.05) is 13.2 Å². The number of amides is 1. The average molecular weight is 251 g/mol. The van der Waals surface area contributed by atoms with Crippen molar-refractivity contribution in [3.8, 4) is 0 Å². The van der Waals surface area contributed by atoms with Gasteiger partial charge in [0.2, 0.25) is 0 Å². The van der Waals surface area contributed by atoms with E-state index in [2.05, 4.69) is 0 Å². The number of aliphatic hydroxyl groups is 1. The zero-order valence-corrected chi connectivity index (χ0v) is 10.5. The smallest absolute Gasteiger partial charge is 0.257 e. The maximum Gasteiger partial charge on any atom is 0.257 e. The first-order chi connectivity index (χ1) is 8.63. The Labute approximate surface area is 106 Å². The molecule has 0 radical (unpaired) electrons. The molecule has 3 nitrogen and oxygen atoms in total. The summed E-state index contributed by atoms with van der Waals surface area (Å²) in [5, 5.41) is 9.03. The highest BCUT2D eigenvalue weighted by molar-refractivity contribution is 5.94. The highest BCUT2D eigenvalue weighted by Gasteiger charge is 2.30. The molecule has 0 heterocycles. The molecule has 1 N–H and O–H groups in total. The normalized spacial score (nSPS) is 15.3. The summed E-state index contributed by atoms with van der Waals surface area (Å²) in [7, 11) is 0. The minimum atomic E-state index is -0.484. The standard InChI is InChI=1S/C14H18FNO2/c1-10-5-6-12(13(15)9-10)14(18)16(7-8-17)11-3-2-4-11/h5-6,9,11,17H,2-4,7-8H2,1H3. The number of carbonyl (C=O) groups is 1. The topological polar surface area (TPSA) is 40.5 Å². The molecular weight excluding hydrogens is 233 g/mol. The summed E-state index contributed by atoms with van der Waals surface area (Å²) in [4.78, 5) is 13.9. The quantitative estimate of drug-likeness (QED) is 0.890. The Morgan fingerprint density at radius 1 is 1.50 bits per heavy atom. The molecule has 0 unspecified atom stereocenters. The summed E-state index contributed by atoms with van der Waals surface area (Å²) in [5.74, 6) is -0.798. The summed E-state index contributed by atoms with van der Waals surface area (Å²) in [6, 6.07) is 4.78. The van der Waals surface area contributed by atoms with E-state index in [-0.39, 0.29) is 30.7 Å². The van der Waals surface area contributed by atoms with Crippen LogP contribution in [0.3, 0.4) is 0 Å². The largest absolute Gasteiger partial charge is 0.395 e. The summed E-state index contributed by atoms with van der Waals surface area (Å²) in [6.45, 7) is 1.97. The van der Waals surface area contributed by atoms with Gasteiger partial charge in [-0.15, -0.1) is 0 Å². The molecule has 1 aromatic rings. The number of halogens is 1. The molecule has 18 heavy (non-hydrogen) atoms. The van der Waals surface area contributed by atoms with Crippen molar-refractivity contribution in [2.24, 2.45) is 0 Å². The number of benzene rings is 1. The predicted octanol–water partition coefficient (Wildman–Crippen LogP) is 2.12. The van der Waals surface area contributed by atoms with Gasteiger partial charge in [-0.25, -0.2) is 4.39 Å². The van der Waals surface area contributed by atoms with Crippen LogP contribution in [0, 0.1) is 12.7 Å². The van der Waals surface area contributed by atoms with Gasteiger partial charge in [0.25, 0.3) is 5.91 Å². The SMILES string of the molecule is Cc1ccc(C(=O)N(CCO)C2CCC2)c(F)c1. The maximum atomic E-state index is 13.8. The van der Waals surface area contributed by atoms with Gasteiger partial charge in [-0.3, -0.25) is 4.79 Å². The van der Waals surface area contributed by atoms with Crippen LogP contribution in [0.15, 0.2) is 18.2 Å². The number of hydrogen-bond donors (Lipinski definition) is 1. The van der Waals surface area contributed by atoms with Crippen LogP contribution in [0.1, 0.15) is 35.2 Å². The first kappa shape index (κ1) is 13.0. The van der Waals surface area contributed by atoms with Crippen molar-refractivity contribution in [1.82, 2.24) is 4.90 Å². The van der Waals surface area contributed by atoms with E-state index >= 15 is 0 Å². The van der Waals surface area contributed by atoms with Crippen molar-refractivity contribution in [2.45, 2.75) is 32.2 Å². The van der Waals surface area contributed by atoms with Gasteiger partial charge < -0.3 is 10.0 Å². The summed E-state index contributed by atoms with van der Waals surface area (Å²) in [6.07, 6.45) is 2.98. The number of hydrogen-bond acceptors (Lipinski definition) is 2. The van der Waals surface area contributed by atoms with Gasteiger partial charge in [-0.1, -0.05) is 6.07 Å². The first-order valence-electron chi connectivity index (χ1n) is 6.31. The Hall–Kier alpha value is -1.42. The van der Waals surface area contributed by atoms with Crippen LogP contribution in [0.5, 0.6) is 0 Å². The second kappa shape index (κ2) is 5.48. The molecule has 0 saturated heterocycles. The van der Waals surface area contributed by atoms with Crippen LogP contribution < -0.4 is 0 Å². The summed E-state index contributed by atoms with van der Waals surface area (Å²) < 4.78 is 13.8. The number of rotatable bonds is 4. The van der Waals surface area contributed by atoms with Crippen molar-refractivity contribution in [3.05, 3.63) is 35.1 Å². The van der Waals surface area contributed by atoms with Gasteiger partial charge in [0, 0.05) is 12.6 Å². The monoisotopic (exact) mass is 251 g/mol. The van der Waals surface area contributed by atoms with Crippen molar-refractivity contribution >= 4 is 5.91 Å². The predicted molar refractivity (Wildman–Crippen MR) is 66.9 cm³/mol. The van der Waals surface area contributed by atoms with E-state index < -0.39 is 5.82 Å². The first-order valence-corrected chi connectivity index (χ1v) is 6.31. The molecule has 98 valence electrons. The molecule has 1 aliphatic carbocycles. The molecule has 0 spiro atoms. The molecule has 0 atom stereocenters. The molecule has 1 amide bonds. The highest BCUT2D eigenvalue weighted by Crippen LogP contribution is 2.26. The van der Waals surface area contributed by atoms with Gasteiger partial charge in [0.1, 0.15) is 5.82 Å². The Bertz CT molecular complexity index is 443. The third-order valence-corrected chi connectivity index (χ3v) is 3.47. The van der Waals surface area contributed by atoms with Crippen LogP contribution >= 0.6 is 0 Å². The van der Waals surface area contributed by atoms with E-state index in [4.69, 9.17) is 5.11 Å². The van der Waals surface area contributed by atoms with Crippen LogP contribution in [0.25, 0.3) is 0 Å². The molecule has 0 aliphatic heterocycles. The van der Waals surface area contributed by atoms with E-state index in [0.717, 1.165) is 24.8 Å². The van der Waals surface area contributed by atoms with E-state index in [1.54, 1.807) is 17.9 Å². The molecule has 0 aromatic heterocycles. The lowest BCUT2D eigenvalue weighted by molar-refractivity contribution is 0.0521. The van der Waals surface area contributed by atoms with Crippen LogP contribution in [0.2, 0.25) is 0 Å². The minimum absolute atomic E-state index is 0.0876. The molecule has 1 fully saturated rings. The highest BCUT2D eigenvalue weighted by atomic mass is 19.1. The van der Waals surface area contributed by atoms with E-state index in [9.17, 15) is 9.18 Å². The fourth-order valence-corrected chi connectivity index (χ4v) is 2.20. The van der Waals surface area contributed by atoms with Crippen molar-refractivity contribution in [3.63, 3.8) is 0 Å². The molecule has 2 rings (SSSR count). The summed E-state index contributed by atoms with van der Waals surface area (Å²) >= 11 is 0. The van der Waals surface area contributed by atoms with Gasteiger partial charge >= 0.3 is 0 Å². The van der Waals surface area contributed by atoms with Gasteiger partial charge in [-0.2, -0.15) is 0 Å². The van der Waals surface area contributed by atoms with E-state index in [1.165, 1.54) is 12.1 Å². The zero-order valence-electron chi connectivity index (χ0n) is 10.5. The average Bonchev–Trinajstić information content (AvgIpc) is 2.25. The number of aryl methyl sites for hydroxylation is 1. The van der Waals surface area contributed by atoms with E-state index in [1.807, 2.05) is 0 Å². The lowest BCUT2D eigenvalue weighted by Gasteiger charge is -2.37. The third-order valence-electron chi connectivity index (χ3n) is 3.47. The molecular formula is C14H18FNO2. The number of carbonyl (C=O) groups excluding carboxylic acids is 1. The maximum absolute atomic E-state index is 13.8. The second-order valence-electron chi connectivity index (χ2n) is 4.79. The van der Waals surface area contributed by atoms with Gasteiger partial charge in [0.15, 0.2) is 0 Å². The van der Waals surface area contributed by atoms with Crippen molar-refractivity contribution < 1.29 is 14.3 Å². The van der Waals surface area contributed by atoms with E-state index in [0.29, 0.717) is 0 Å². The zero-order chi connectivity index (χ0) is 13.1.